The highest BCUT2D eigenvalue weighted by Gasteiger charge is 2.26. The van der Waals surface area contributed by atoms with Gasteiger partial charge in [-0.3, -0.25) is 0 Å². The summed E-state index contributed by atoms with van der Waals surface area (Å²) in [5, 5.41) is 3.64. The minimum absolute atomic E-state index is 0.186. The third-order valence-electron chi connectivity index (χ3n) is 3.92. The Bertz CT molecular complexity index is 441. The van der Waals surface area contributed by atoms with E-state index in [0.29, 0.717) is 13.2 Å². The zero-order valence-electron chi connectivity index (χ0n) is 11.4. The average molecular weight is 263 g/mol. The minimum atomic E-state index is 0.186. The summed E-state index contributed by atoms with van der Waals surface area (Å²) >= 11 is 0. The van der Waals surface area contributed by atoms with Crippen molar-refractivity contribution in [3.8, 4) is 11.5 Å². The van der Waals surface area contributed by atoms with Gasteiger partial charge in [-0.25, -0.2) is 0 Å². The lowest BCUT2D eigenvalue weighted by atomic mass is 9.92. The van der Waals surface area contributed by atoms with Crippen LogP contribution >= 0.6 is 0 Å². The largest absolute Gasteiger partial charge is 0.486 e. The van der Waals surface area contributed by atoms with Gasteiger partial charge in [-0.05, 0) is 37.5 Å². The van der Waals surface area contributed by atoms with Crippen LogP contribution in [-0.2, 0) is 11.3 Å². The van der Waals surface area contributed by atoms with E-state index in [1.54, 1.807) is 0 Å². The molecule has 2 heterocycles. The van der Waals surface area contributed by atoms with Crippen molar-refractivity contribution in [2.45, 2.75) is 31.8 Å². The number of ether oxygens (including phenoxy) is 3. The standard InChI is InChI=1S/C15H21NO3/c1-15(4-6-17-7-5-15)16-11-12-2-3-13-14(10-12)19-9-8-18-13/h2-3,10,16H,4-9,11H2,1H3. The van der Waals surface area contributed by atoms with Crippen molar-refractivity contribution in [2.75, 3.05) is 26.4 Å². The zero-order valence-corrected chi connectivity index (χ0v) is 11.4. The van der Waals surface area contributed by atoms with Gasteiger partial charge >= 0.3 is 0 Å². The number of fused-ring (bicyclic) bond motifs is 1. The van der Waals surface area contributed by atoms with Gasteiger partial charge in [0.15, 0.2) is 11.5 Å². The van der Waals surface area contributed by atoms with E-state index in [0.717, 1.165) is 44.1 Å². The van der Waals surface area contributed by atoms with Gasteiger partial charge in [-0.15, -0.1) is 0 Å². The number of rotatable bonds is 3. The lowest BCUT2D eigenvalue weighted by Crippen LogP contribution is -2.46. The fourth-order valence-electron chi connectivity index (χ4n) is 2.51. The van der Waals surface area contributed by atoms with Gasteiger partial charge in [0, 0.05) is 25.3 Å². The Kier molecular flexibility index (Phi) is 3.62. The van der Waals surface area contributed by atoms with Gasteiger partial charge in [0.1, 0.15) is 13.2 Å². The summed E-state index contributed by atoms with van der Waals surface area (Å²) in [7, 11) is 0. The van der Waals surface area contributed by atoms with Crippen molar-refractivity contribution in [3.05, 3.63) is 23.8 Å². The number of hydrogen-bond acceptors (Lipinski definition) is 4. The van der Waals surface area contributed by atoms with Crippen molar-refractivity contribution in [1.29, 1.82) is 0 Å². The maximum Gasteiger partial charge on any atom is 0.161 e. The second kappa shape index (κ2) is 5.39. The summed E-state index contributed by atoms with van der Waals surface area (Å²) in [6.07, 6.45) is 2.13. The molecule has 1 saturated heterocycles. The van der Waals surface area contributed by atoms with E-state index in [4.69, 9.17) is 14.2 Å². The first-order chi connectivity index (χ1) is 9.25. The summed E-state index contributed by atoms with van der Waals surface area (Å²) in [6, 6.07) is 6.17. The average Bonchev–Trinajstić information content (AvgIpc) is 2.46. The zero-order chi connectivity index (χ0) is 13.1. The highest BCUT2D eigenvalue weighted by atomic mass is 16.6. The smallest absolute Gasteiger partial charge is 0.161 e. The maximum atomic E-state index is 5.61. The van der Waals surface area contributed by atoms with Gasteiger partial charge in [0.2, 0.25) is 0 Å². The lowest BCUT2D eigenvalue weighted by Gasteiger charge is -2.34. The molecular formula is C15H21NO3. The molecule has 1 N–H and O–H groups in total. The van der Waals surface area contributed by atoms with E-state index >= 15 is 0 Å². The van der Waals surface area contributed by atoms with Gasteiger partial charge in [0.05, 0.1) is 0 Å². The molecule has 0 spiro atoms. The van der Waals surface area contributed by atoms with Crippen LogP contribution in [0.3, 0.4) is 0 Å². The molecule has 1 aromatic carbocycles. The monoisotopic (exact) mass is 263 g/mol. The first-order valence-electron chi connectivity index (χ1n) is 6.97. The topological polar surface area (TPSA) is 39.7 Å². The van der Waals surface area contributed by atoms with Crippen LogP contribution in [0.1, 0.15) is 25.3 Å². The molecule has 0 saturated carbocycles. The molecule has 0 bridgehead atoms. The second-order valence-corrected chi connectivity index (χ2v) is 5.50. The molecule has 2 aliphatic heterocycles. The first kappa shape index (κ1) is 12.8. The molecule has 0 unspecified atom stereocenters. The van der Waals surface area contributed by atoms with Crippen LogP contribution in [0.25, 0.3) is 0 Å². The molecule has 4 heteroatoms. The van der Waals surface area contributed by atoms with Crippen LogP contribution in [-0.4, -0.2) is 32.0 Å². The quantitative estimate of drug-likeness (QED) is 0.906. The minimum Gasteiger partial charge on any atom is -0.486 e. The Morgan fingerprint density at radius 3 is 2.58 bits per heavy atom. The Hall–Kier alpha value is -1.26. The van der Waals surface area contributed by atoms with E-state index in [1.165, 1.54) is 5.56 Å². The summed E-state index contributed by atoms with van der Waals surface area (Å²) in [4.78, 5) is 0. The van der Waals surface area contributed by atoms with Gasteiger partial charge in [-0.1, -0.05) is 6.07 Å². The molecule has 4 nitrogen and oxygen atoms in total. The third kappa shape index (κ3) is 3.01. The molecule has 19 heavy (non-hydrogen) atoms. The molecule has 3 rings (SSSR count). The molecule has 0 atom stereocenters. The Morgan fingerprint density at radius 2 is 1.79 bits per heavy atom. The fourth-order valence-corrected chi connectivity index (χ4v) is 2.51. The Labute approximate surface area is 114 Å². The van der Waals surface area contributed by atoms with E-state index in [9.17, 15) is 0 Å². The van der Waals surface area contributed by atoms with Crippen molar-refractivity contribution in [3.63, 3.8) is 0 Å². The highest BCUT2D eigenvalue weighted by molar-refractivity contribution is 5.43. The molecule has 2 aliphatic rings. The molecule has 104 valence electrons. The van der Waals surface area contributed by atoms with Crippen molar-refractivity contribution in [1.82, 2.24) is 5.32 Å². The van der Waals surface area contributed by atoms with Gasteiger partial charge in [-0.2, -0.15) is 0 Å². The van der Waals surface area contributed by atoms with Crippen molar-refractivity contribution >= 4 is 0 Å². The number of hydrogen-bond donors (Lipinski definition) is 1. The molecule has 0 radical (unpaired) electrons. The van der Waals surface area contributed by atoms with Crippen LogP contribution in [0, 0.1) is 0 Å². The molecule has 1 fully saturated rings. The van der Waals surface area contributed by atoms with Gasteiger partial charge < -0.3 is 19.5 Å². The van der Waals surface area contributed by atoms with E-state index in [2.05, 4.69) is 24.4 Å². The van der Waals surface area contributed by atoms with Gasteiger partial charge in [0.25, 0.3) is 0 Å². The van der Waals surface area contributed by atoms with Crippen LogP contribution in [0.4, 0.5) is 0 Å². The second-order valence-electron chi connectivity index (χ2n) is 5.50. The predicted octanol–water partition coefficient (Wildman–Crippen LogP) is 2.12. The van der Waals surface area contributed by atoms with Crippen LogP contribution in [0.5, 0.6) is 11.5 Å². The summed E-state index contributed by atoms with van der Waals surface area (Å²) < 4.78 is 16.6. The first-order valence-corrected chi connectivity index (χ1v) is 6.97. The third-order valence-corrected chi connectivity index (χ3v) is 3.92. The Balaban J connectivity index is 1.63. The predicted molar refractivity (Wildman–Crippen MR) is 72.7 cm³/mol. The summed E-state index contributed by atoms with van der Waals surface area (Å²) in [6.45, 7) is 6.11. The van der Waals surface area contributed by atoms with Crippen LogP contribution < -0.4 is 14.8 Å². The van der Waals surface area contributed by atoms with Crippen molar-refractivity contribution in [2.24, 2.45) is 0 Å². The normalized spacial score (nSPS) is 21.1. The molecular weight excluding hydrogens is 242 g/mol. The molecule has 0 aliphatic carbocycles. The van der Waals surface area contributed by atoms with E-state index in [-0.39, 0.29) is 5.54 Å². The fraction of sp³-hybridized carbons (Fsp3) is 0.600. The highest BCUT2D eigenvalue weighted by Crippen LogP contribution is 2.31. The molecule has 0 aromatic heterocycles. The summed E-state index contributed by atoms with van der Waals surface area (Å²) in [5.74, 6) is 1.72. The van der Waals surface area contributed by atoms with E-state index in [1.807, 2.05) is 6.07 Å². The number of benzene rings is 1. The molecule has 1 aromatic rings. The summed E-state index contributed by atoms with van der Waals surface area (Å²) in [5.41, 5.74) is 1.42. The molecule has 0 amide bonds. The lowest BCUT2D eigenvalue weighted by molar-refractivity contribution is 0.0446. The van der Waals surface area contributed by atoms with Crippen LogP contribution in [0.2, 0.25) is 0 Å². The number of nitrogens with one attached hydrogen (secondary N) is 1. The van der Waals surface area contributed by atoms with Crippen molar-refractivity contribution < 1.29 is 14.2 Å². The Morgan fingerprint density at radius 1 is 1.05 bits per heavy atom. The maximum absolute atomic E-state index is 5.61. The van der Waals surface area contributed by atoms with Crippen LogP contribution in [0.15, 0.2) is 18.2 Å². The SMILES string of the molecule is CC1(NCc2ccc3c(c2)OCCO3)CCOCC1. The van der Waals surface area contributed by atoms with E-state index < -0.39 is 0 Å².